The summed E-state index contributed by atoms with van der Waals surface area (Å²) in [4.78, 5) is 29.4. The Balaban J connectivity index is 1.53. The van der Waals surface area contributed by atoms with Crippen LogP contribution in [0.15, 0.2) is 52.1 Å². The van der Waals surface area contributed by atoms with E-state index in [2.05, 4.69) is 16.3 Å². The molecule has 2 aromatic heterocycles. The van der Waals surface area contributed by atoms with E-state index in [1.165, 1.54) is 47.3 Å². The monoisotopic (exact) mass is 623 g/mol. The van der Waals surface area contributed by atoms with E-state index < -0.39 is 27.7 Å². The number of likely N-dealkylation sites (tertiary alicyclic amines) is 1. The van der Waals surface area contributed by atoms with E-state index in [0.29, 0.717) is 22.3 Å². The topological polar surface area (TPSA) is 116 Å². The Morgan fingerprint density at radius 1 is 1.09 bits per heavy atom. The van der Waals surface area contributed by atoms with Gasteiger partial charge in [-0.1, -0.05) is 6.07 Å². The maximum atomic E-state index is 13.7. The van der Waals surface area contributed by atoms with Crippen LogP contribution in [0.25, 0.3) is 22.2 Å². The number of ether oxygens (including phenoxy) is 2. The van der Waals surface area contributed by atoms with Crippen molar-refractivity contribution in [1.82, 2.24) is 14.8 Å². The molecule has 6 rings (SSSR count). The highest BCUT2D eigenvalue weighted by atomic mass is 32.2. The minimum Gasteiger partial charge on any atom is -0.493 e. The molecule has 1 amide bonds. The van der Waals surface area contributed by atoms with Gasteiger partial charge < -0.3 is 19.0 Å². The Bertz CT molecular complexity index is 1830. The normalized spacial score (nSPS) is 15.5. The molecule has 12 heteroatoms. The van der Waals surface area contributed by atoms with Gasteiger partial charge in [-0.25, -0.2) is 9.36 Å². The second-order valence-corrected chi connectivity index (χ2v) is 14.0. The molecule has 1 N–H and O–H groups in total. The Kier molecular flexibility index (Phi) is 7.47. The number of nitrogens with one attached hydrogen (secondary N) is 1. The fourth-order valence-electron chi connectivity index (χ4n) is 5.64. The first-order valence-corrected chi connectivity index (χ1v) is 16.4. The number of methoxy groups -OCH3 is 1. The van der Waals surface area contributed by atoms with E-state index in [9.17, 15) is 18.0 Å². The summed E-state index contributed by atoms with van der Waals surface area (Å²) in [6, 6.07) is 10.8. The molecule has 2 aromatic carbocycles. The van der Waals surface area contributed by atoms with Crippen LogP contribution in [0.2, 0.25) is 0 Å². The van der Waals surface area contributed by atoms with Crippen LogP contribution < -0.4 is 14.2 Å². The number of thiophene rings is 1. The van der Waals surface area contributed by atoms with Crippen LogP contribution in [0.4, 0.5) is 4.79 Å². The molecule has 4 heterocycles. The van der Waals surface area contributed by atoms with Crippen LogP contribution in [0.5, 0.6) is 11.5 Å². The van der Waals surface area contributed by atoms with Crippen molar-refractivity contribution in [3.05, 3.63) is 63.8 Å². The Morgan fingerprint density at radius 3 is 2.53 bits per heavy atom. The Morgan fingerprint density at radius 2 is 1.86 bits per heavy atom. The van der Waals surface area contributed by atoms with Gasteiger partial charge in [-0.2, -0.15) is 19.8 Å². The predicted octanol–water partition coefficient (Wildman–Crippen LogP) is 5.77. The molecule has 0 bridgehead atoms. The van der Waals surface area contributed by atoms with Crippen LogP contribution in [0.1, 0.15) is 55.1 Å². The van der Waals surface area contributed by atoms with Crippen LogP contribution in [0, 0.1) is 0 Å². The zero-order valence-corrected chi connectivity index (χ0v) is 26.1. The van der Waals surface area contributed by atoms with E-state index in [1.54, 1.807) is 32.2 Å². The molecule has 0 aliphatic carbocycles. The molecule has 10 nitrogen and oxygen atoms in total. The second kappa shape index (κ2) is 11.0. The zero-order valence-electron chi connectivity index (χ0n) is 24.4. The van der Waals surface area contributed by atoms with Crippen LogP contribution in [-0.2, 0) is 27.9 Å². The zero-order chi connectivity index (χ0) is 30.5. The van der Waals surface area contributed by atoms with Crippen molar-refractivity contribution in [2.45, 2.75) is 57.2 Å². The summed E-state index contributed by atoms with van der Waals surface area (Å²) in [5.41, 5.74) is 2.32. The van der Waals surface area contributed by atoms with Gasteiger partial charge >= 0.3 is 16.2 Å². The number of carbonyl (C=O) groups is 2. The minimum absolute atomic E-state index is 0.00412. The summed E-state index contributed by atoms with van der Waals surface area (Å²) in [6.07, 6.45) is 1.77. The highest BCUT2D eigenvalue weighted by Gasteiger charge is 2.35. The van der Waals surface area contributed by atoms with Crippen molar-refractivity contribution in [2.75, 3.05) is 20.2 Å². The van der Waals surface area contributed by atoms with Gasteiger partial charge in [0.05, 0.1) is 23.9 Å². The van der Waals surface area contributed by atoms with Gasteiger partial charge in [0.1, 0.15) is 10.5 Å². The van der Waals surface area contributed by atoms with Crippen molar-refractivity contribution >= 4 is 44.4 Å². The van der Waals surface area contributed by atoms with Gasteiger partial charge in [0.15, 0.2) is 11.5 Å². The first-order chi connectivity index (χ1) is 20.4. The summed E-state index contributed by atoms with van der Waals surface area (Å²) >= 11 is 1.23. The number of nitrogens with zero attached hydrogens (tertiary/aromatic N) is 2. The third-order valence-electron chi connectivity index (χ3n) is 7.52. The lowest BCUT2D eigenvalue weighted by molar-refractivity contribution is 0.0546. The Labute approximate surface area is 254 Å². The molecule has 226 valence electrons. The van der Waals surface area contributed by atoms with Gasteiger partial charge in [0.25, 0.3) is 5.91 Å². The molecule has 0 spiro atoms. The summed E-state index contributed by atoms with van der Waals surface area (Å²) in [7, 11) is -2.79. The van der Waals surface area contributed by atoms with Crippen molar-refractivity contribution in [3.8, 4) is 22.8 Å². The van der Waals surface area contributed by atoms with Crippen LogP contribution >= 0.6 is 11.3 Å². The van der Waals surface area contributed by atoms with Crippen molar-refractivity contribution in [3.63, 3.8) is 0 Å². The van der Waals surface area contributed by atoms with Crippen molar-refractivity contribution in [2.24, 2.45) is 0 Å². The maximum Gasteiger partial charge on any atom is 0.419 e. The molecule has 43 heavy (non-hydrogen) atoms. The van der Waals surface area contributed by atoms with E-state index in [1.807, 2.05) is 18.2 Å². The van der Waals surface area contributed by atoms with Crippen LogP contribution in [-0.4, -0.2) is 55.7 Å². The minimum atomic E-state index is -4.19. The second-order valence-electron chi connectivity index (χ2n) is 11.7. The number of carbonyl (C=O) groups excluding carboxylic acids is 2. The highest BCUT2D eigenvalue weighted by molar-refractivity contribution is 7.87. The SMILES string of the molecule is COc1cc(-c2cc3cc(CN4CCCC4)ccc3n2C(=O)OC(C)(C)C)c2c(c1OS(=O)(=O)c1ccsc1)CNC2=O. The van der Waals surface area contributed by atoms with Gasteiger partial charge in [-0.3, -0.25) is 9.69 Å². The van der Waals surface area contributed by atoms with Gasteiger partial charge in [0, 0.05) is 35.0 Å². The number of fused-ring (bicyclic) bond motifs is 2. The fourth-order valence-corrected chi connectivity index (χ4v) is 7.61. The lowest BCUT2D eigenvalue weighted by atomic mass is 9.98. The fraction of sp³-hybridized carbons (Fsp3) is 0.355. The first-order valence-electron chi connectivity index (χ1n) is 14.0. The number of aromatic nitrogens is 1. The summed E-state index contributed by atoms with van der Waals surface area (Å²) in [5, 5.41) is 6.69. The molecular weight excluding hydrogens is 590 g/mol. The number of rotatable bonds is 7. The number of amides is 1. The molecule has 2 aliphatic rings. The number of benzene rings is 2. The van der Waals surface area contributed by atoms with Crippen LogP contribution in [0.3, 0.4) is 0 Å². The third kappa shape index (κ3) is 5.62. The molecule has 0 unspecified atom stereocenters. The first kappa shape index (κ1) is 29.2. The molecule has 1 fully saturated rings. The lowest BCUT2D eigenvalue weighted by Gasteiger charge is -2.22. The molecule has 4 aromatic rings. The number of hydrogen-bond donors (Lipinski definition) is 1. The molecule has 0 atom stereocenters. The smallest absolute Gasteiger partial charge is 0.419 e. The maximum absolute atomic E-state index is 13.7. The van der Waals surface area contributed by atoms with E-state index in [0.717, 1.165) is 30.6 Å². The van der Waals surface area contributed by atoms with Crippen molar-refractivity contribution in [1.29, 1.82) is 0 Å². The third-order valence-corrected chi connectivity index (χ3v) is 9.57. The van der Waals surface area contributed by atoms with E-state index >= 15 is 0 Å². The largest absolute Gasteiger partial charge is 0.493 e. The van der Waals surface area contributed by atoms with Gasteiger partial charge in [0.2, 0.25) is 0 Å². The molecule has 1 saturated heterocycles. The highest BCUT2D eigenvalue weighted by Crippen LogP contribution is 2.45. The van der Waals surface area contributed by atoms with E-state index in [-0.39, 0.29) is 28.5 Å². The quantitative estimate of drug-likeness (QED) is 0.258. The average molecular weight is 624 g/mol. The van der Waals surface area contributed by atoms with Gasteiger partial charge in [-0.05, 0) is 88.0 Å². The average Bonchev–Trinajstić information content (AvgIpc) is 3.75. The summed E-state index contributed by atoms with van der Waals surface area (Å²) in [6.45, 7) is 8.31. The molecular formula is C31H33N3O7S2. The lowest BCUT2D eigenvalue weighted by Crippen LogP contribution is -2.27. The number of hydrogen-bond acceptors (Lipinski definition) is 9. The standard InChI is InChI=1S/C31H33N3O7S2/c1-31(2,3)40-30(36)34-24-8-7-19(17-33-10-5-6-11-33)13-20(24)14-25(34)22-15-26(39-4)28(23-16-32-29(35)27(22)23)41-43(37,38)21-9-12-42-18-21/h7-9,12-15,18H,5-6,10-11,16-17H2,1-4H3,(H,32,35). The van der Waals surface area contributed by atoms with Gasteiger partial charge in [-0.15, -0.1) is 0 Å². The summed E-state index contributed by atoms with van der Waals surface area (Å²) < 4.78 is 44.6. The molecule has 2 aliphatic heterocycles. The Hall–Kier alpha value is -3.87. The predicted molar refractivity (Wildman–Crippen MR) is 163 cm³/mol. The summed E-state index contributed by atoms with van der Waals surface area (Å²) in [5.74, 6) is -0.375. The molecule has 0 radical (unpaired) electrons. The molecule has 0 saturated carbocycles. The van der Waals surface area contributed by atoms with Crippen molar-refractivity contribution < 1.29 is 31.7 Å². The van der Waals surface area contributed by atoms with E-state index in [4.69, 9.17) is 13.7 Å².